The summed E-state index contributed by atoms with van der Waals surface area (Å²) in [5.74, 6) is -0.245. The summed E-state index contributed by atoms with van der Waals surface area (Å²) in [6.07, 6.45) is 0.607. The zero-order valence-electron chi connectivity index (χ0n) is 13.2. The van der Waals surface area contributed by atoms with Gasteiger partial charge in [-0.15, -0.1) is 0 Å². The van der Waals surface area contributed by atoms with Gasteiger partial charge in [0.15, 0.2) is 0 Å². The van der Waals surface area contributed by atoms with Crippen molar-refractivity contribution in [1.29, 1.82) is 0 Å². The lowest BCUT2D eigenvalue weighted by molar-refractivity contribution is -0.143. The molecule has 2 heterocycles. The fourth-order valence-corrected chi connectivity index (χ4v) is 3.57. The Morgan fingerprint density at radius 1 is 1.17 bits per heavy atom. The molecule has 1 aliphatic heterocycles. The zero-order valence-corrected chi connectivity index (χ0v) is 13.9. The second kappa shape index (κ2) is 5.96. The summed E-state index contributed by atoms with van der Waals surface area (Å²) in [7, 11) is 1.42. The van der Waals surface area contributed by atoms with Gasteiger partial charge >= 0.3 is 5.97 Å². The summed E-state index contributed by atoms with van der Waals surface area (Å²) in [5, 5.41) is 5.25. The molecule has 0 saturated carbocycles. The molecule has 0 saturated heterocycles. The highest BCUT2D eigenvalue weighted by Crippen LogP contribution is 2.35. The van der Waals surface area contributed by atoms with Gasteiger partial charge < -0.3 is 9.72 Å². The zero-order chi connectivity index (χ0) is 16.7. The number of fused-ring (bicyclic) bond motifs is 3. The molecule has 2 aromatic carbocycles. The number of rotatable bonds is 2. The third-order valence-electron chi connectivity index (χ3n) is 4.60. The standard InChI is InChI=1S/C19H17ClN2O2/c1-24-19(23)16-10-14-13-4-2-3-5-15(13)21-18(14)17(22-16)11-6-8-12(20)9-7-11/h2-9,16-17,21-22H,10H2,1H3/t16-,17+/m1/s1. The molecule has 0 aliphatic carbocycles. The first-order valence-corrected chi connectivity index (χ1v) is 8.24. The van der Waals surface area contributed by atoms with Gasteiger partial charge in [-0.3, -0.25) is 10.1 Å². The topological polar surface area (TPSA) is 54.1 Å². The van der Waals surface area contributed by atoms with Gasteiger partial charge in [0.2, 0.25) is 0 Å². The molecule has 3 aromatic rings. The van der Waals surface area contributed by atoms with Crippen molar-refractivity contribution in [2.45, 2.75) is 18.5 Å². The van der Waals surface area contributed by atoms with Gasteiger partial charge in [-0.05, 0) is 29.3 Å². The summed E-state index contributed by atoms with van der Waals surface area (Å²) in [6, 6.07) is 15.4. The van der Waals surface area contributed by atoms with Gasteiger partial charge in [0.1, 0.15) is 6.04 Å². The number of esters is 1. The number of methoxy groups -OCH3 is 1. The van der Waals surface area contributed by atoms with Crippen LogP contribution in [0.3, 0.4) is 0 Å². The number of H-pyrrole nitrogens is 1. The van der Waals surface area contributed by atoms with E-state index in [1.165, 1.54) is 12.7 Å². The summed E-state index contributed by atoms with van der Waals surface area (Å²) in [5.41, 5.74) is 4.40. The third kappa shape index (κ3) is 2.48. The predicted octanol–water partition coefficient (Wildman–Crippen LogP) is 3.60. The van der Waals surface area contributed by atoms with Crippen LogP contribution in [-0.4, -0.2) is 24.1 Å². The number of aromatic amines is 1. The van der Waals surface area contributed by atoms with Gasteiger partial charge in [-0.25, -0.2) is 0 Å². The number of hydrogen-bond donors (Lipinski definition) is 2. The Hall–Kier alpha value is -2.30. The van der Waals surface area contributed by atoms with E-state index >= 15 is 0 Å². The molecule has 5 heteroatoms. The third-order valence-corrected chi connectivity index (χ3v) is 4.85. The Kier molecular flexibility index (Phi) is 3.79. The highest BCUT2D eigenvalue weighted by atomic mass is 35.5. The minimum Gasteiger partial charge on any atom is -0.468 e. The summed E-state index contributed by atoms with van der Waals surface area (Å²) >= 11 is 6.01. The van der Waals surface area contributed by atoms with Gasteiger partial charge in [-0.2, -0.15) is 0 Å². The van der Waals surface area contributed by atoms with E-state index < -0.39 is 0 Å². The molecule has 0 unspecified atom stereocenters. The molecule has 2 N–H and O–H groups in total. The van der Waals surface area contributed by atoms with Crippen LogP contribution >= 0.6 is 11.6 Å². The molecule has 0 radical (unpaired) electrons. The average Bonchev–Trinajstić information content (AvgIpc) is 2.99. The molecule has 0 bridgehead atoms. The van der Waals surface area contributed by atoms with E-state index in [2.05, 4.69) is 22.4 Å². The maximum Gasteiger partial charge on any atom is 0.323 e. The molecule has 1 aromatic heterocycles. The van der Waals surface area contributed by atoms with Crippen LogP contribution in [0.4, 0.5) is 0 Å². The molecule has 2 atom stereocenters. The van der Waals surface area contributed by atoms with Crippen molar-refractivity contribution >= 4 is 28.5 Å². The maximum absolute atomic E-state index is 12.1. The molecule has 0 amide bonds. The smallest absolute Gasteiger partial charge is 0.323 e. The Morgan fingerprint density at radius 2 is 1.92 bits per heavy atom. The number of ether oxygens (including phenoxy) is 1. The van der Waals surface area contributed by atoms with Crippen LogP contribution in [0.25, 0.3) is 10.9 Å². The van der Waals surface area contributed by atoms with Crippen LogP contribution < -0.4 is 5.32 Å². The highest BCUT2D eigenvalue weighted by molar-refractivity contribution is 6.30. The van der Waals surface area contributed by atoms with E-state index in [1.54, 1.807) is 0 Å². The highest BCUT2D eigenvalue weighted by Gasteiger charge is 2.34. The van der Waals surface area contributed by atoms with Crippen LogP contribution in [-0.2, 0) is 16.0 Å². The minimum absolute atomic E-state index is 0.109. The van der Waals surface area contributed by atoms with E-state index in [9.17, 15) is 4.79 Å². The monoisotopic (exact) mass is 340 g/mol. The summed E-state index contributed by atoms with van der Waals surface area (Å²) in [6.45, 7) is 0. The van der Waals surface area contributed by atoms with E-state index in [-0.39, 0.29) is 18.1 Å². The number of para-hydroxylation sites is 1. The number of carbonyl (C=O) groups excluding carboxylic acids is 1. The number of carbonyl (C=O) groups is 1. The Balaban J connectivity index is 1.86. The molecule has 4 rings (SSSR count). The van der Waals surface area contributed by atoms with Crippen LogP contribution in [0.1, 0.15) is 22.9 Å². The Morgan fingerprint density at radius 3 is 2.67 bits per heavy atom. The Labute approximate surface area is 144 Å². The average molecular weight is 341 g/mol. The Bertz CT molecular complexity index is 901. The summed E-state index contributed by atoms with van der Waals surface area (Å²) < 4.78 is 4.96. The van der Waals surface area contributed by atoms with Crippen molar-refractivity contribution < 1.29 is 9.53 Å². The van der Waals surface area contributed by atoms with Crippen molar-refractivity contribution in [3.8, 4) is 0 Å². The van der Waals surface area contributed by atoms with Crippen molar-refractivity contribution in [2.24, 2.45) is 0 Å². The van der Waals surface area contributed by atoms with Gasteiger partial charge in [0.25, 0.3) is 0 Å². The van der Waals surface area contributed by atoms with E-state index in [0.717, 1.165) is 22.2 Å². The van der Waals surface area contributed by atoms with Crippen molar-refractivity contribution in [1.82, 2.24) is 10.3 Å². The number of hydrogen-bond acceptors (Lipinski definition) is 3. The van der Waals surface area contributed by atoms with Crippen molar-refractivity contribution in [3.63, 3.8) is 0 Å². The number of halogens is 1. The number of benzene rings is 2. The molecule has 1 aliphatic rings. The number of aromatic nitrogens is 1. The predicted molar refractivity (Wildman–Crippen MR) is 94.2 cm³/mol. The van der Waals surface area contributed by atoms with E-state index in [0.29, 0.717) is 11.4 Å². The molecular weight excluding hydrogens is 324 g/mol. The number of nitrogens with one attached hydrogen (secondary N) is 2. The van der Waals surface area contributed by atoms with E-state index in [4.69, 9.17) is 16.3 Å². The quantitative estimate of drug-likeness (QED) is 0.701. The fraction of sp³-hybridized carbons (Fsp3) is 0.211. The van der Waals surface area contributed by atoms with Gasteiger partial charge in [0.05, 0.1) is 13.2 Å². The molecular formula is C19H17ClN2O2. The largest absolute Gasteiger partial charge is 0.468 e. The first-order chi connectivity index (χ1) is 11.7. The van der Waals surface area contributed by atoms with Gasteiger partial charge in [-0.1, -0.05) is 41.9 Å². The maximum atomic E-state index is 12.1. The summed E-state index contributed by atoms with van der Waals surface area (Å²) in [4.78, 5) is 15.7. The van der Waals surface area contributed by atoms with Crippen molar-refractivity contribution in [2.75, 3.05) is 7.11 Å². The molecule has 0 fully saturated rings. The normalized spacial score (nSPS) is 19.9. The first kappa shape index (κ1) is 15.2. The lowest BCUT2D eigenvalue weighted by atomic mass is 9.90. The van der Waals surface area contributed by atoms with Crippen LogP contribution in [0.5, 0.6) is 0 Å². The molecule has 4 nitrogen and oxygen atoms in total. The van der Waals surface area contributed by atoms with Crippen LogP contribution in [0.15, 0.2) is 48.5 Å². The van der Waals surface area contributed by atoms with E-state index in [1.807, 2.05) is 36.4 Å². The molecule has 122 valence electrons. The SMILES string of the molecule is COC(=O)[C@H]1Cc2c([nH]c3ccccc23)[C@H](c2ccc(Cl)cc2)N1. The lowest BCUT2D eigenvalue weighted by Gasteiger charge is -2.30. The molecule has 0 spiro atoms. The van der Waals surface area contributed by atoms with Crippen LogP contribution in [0.2, 0.25) is 5.02 Å². The fourth-order valence-electron chi connectivity index (χ4n) is 3.45. The minimum atomic E-state index is -0.373. The second-order valence-electron chi connectivity index (χ2n) is 5.99. The van der Waals surface area contributed by atoms with Crippen LogP contribution in [0, 0.1) is 0 Å². The lowest BCUT2D eigenvalue weighted by Crippen LogP contribution is -2.45. The molecule has 24 heavy (non-hydrogen) atoms. The van der Waals surface area contributed by atoms with Gasteiger partial charge in [0, 0.05) is 28.0 Å². The first-order valence-electron chi connectivity index (χ1n) is 7.86. The second-order valence-corrected chi connectivity index (χ2v) is 6.43. The van der Waals surface area contributed by atoms with Crippen molar-refractivity contribution in [3.05, 3.63) is 70.4 Å².